The fourth-order valence-electron chi connectivity index (χ4n) is 2.21. The highest BCUT2D eigenvalue weighted by Gasteiger charge is 2.28. The molecule has 0 saturated carbocycles. The number of morpholine rings is 1. The predicted molar refractivity (Wildman–Crippen MR) is 82.3 cm³/mol. The van der Waals surface area contributed by atoms with Gasteiger partial charge < -0.3 is 9.64 Å². The molecule has 104 valence electrons. The van der Waals surface area contributed by atoms with Gasteiger partial charge in [0.1, 0.15) is 0 Å². The van der Waals surface area contributed by atoms with Gasteiger partial charge in [-0.15, -0.1) is 11.8 Å². The Bertz CT molecular complexity index is 438. The number of thioether (sulfide) groups is 1. The van der Waals surface area contributed by atoms with Crippen LogP contribution in [-0.2, 0) is 4.74 Å². The number of carbonyl (C=O) groups excluding carboxylic acids is 1. The second kappa shape index (κ2) is 6.77. The lowest BCUT2D eigenvalue weighted by Gasteiger charge is -2.36. The van der Waals surface area contributed by atoms with Crippen LogP contribution in [0, 0.1) is 0 Å². The van der Waals surface area contributed by atoms with Crippen LogP contribution < -0.4 is 0 Å². The van der Waals surface area contributed by atoms with Gasteiger partial charge in [0.15, 0.2) is 0 Å². The molecular weight excluding hydrogens is 326 g/mol. The molecule has 1 aromatic carbocycles. The summed E-state index contributed by atoms with van der Waals surface area (Å²) in [6, 6.07) is 7.78. The minimum atomic E-state index is 0.0816. The number of carbonyl (C=O) groups is 1. The third-order valence-corrected chi connectivity index (χ3v) is 4.59. The van der Waals surface area contributed by atoms with Crippen molar-refractivity contribution in [2.75, 3.05) is 24.7 Å². The molecular formula is C14H18BrNO2S. The maximum atomic E-state index is 12.5. The highest BCUT2D eigenvalue weighted by Crippen LogP contribution is 2.18. The Balaban J connectivity index is 2.09. The number of rotatable bonds is 3. The SMILES string of the molecule is CSc1ccc(C(=O)N2CC(C)OC(CBr)C2)cc1. The average molecular weight is 344 g/mol. The topological polar surface area (TPSA) is 29.5 Å². The van der Waals surface area contributed by atoms with Crippen molar-refractivity contribution in [1.29, 1.82) is 0 Å². The van der Waals surface area contributed by atoms with Crippen molar-refractivity contribution in [1.82, 2.24) is 4.90 Å². The molecule has 0 N–H and O–H groups in total. The van der Waals surface area contributed by atoms with Crippen molar-refractivity contribution < 1.29 is 9.53 Å². The summed E-state index contributed by atoms with van der Waals surface area (Å²) in [5.41, 5.74) is 0.750. The Morgan fingerprint density at radius 1 is 1.42 bits per heavy atom. The summed E-state index contributed by atoms with van der Waals surface area (Å²) in [6.45, 7) is 3.32. The summed E-state index contributed by atoms with van der Waals surface area (Å²) in [6.07, 6.45) is 2.20. The van der Waals surface area contributed by atoms with Crippen LogP contribution in [0.25, 0.3) is 0 Å². The molecule has 1 aromatic rings. The summed E-state index contributed by atoms with van der Waals surface area (Å²) in [4.78, 5) is 15.5. The van der Waals surface area contributed by atoms with Crippen LogP contribution in [0.5, 0.6) is 0 Å². The van der Waals surface area contributed by atoms with Gasteiger partial charge in [-0.1, -0.05) is 15.9 Å². The van der Waals surface area contributed by atoms with E-state index in [1.165, 1.54) is 4.90 Å². The molecule has 5 heteroatoms. The molecule has 0 radical (unpaired) electrons. The highest BCUT2D eigenvalue weighted by atomic mass is 79.9. The molecule has 3 nitrogen and oxygen atoms in total. The van der Waals surface area contributed by atoms with Crippen molar-refractivity contribution in [3.63, 3.8) is 0 Å². The molecule has 0 bridgehead atoms. The Hall–Kier alpha value is -0.520. The average Bonchev–Trinajstić information content (AvgIpc) is 2.46. The number of amides is 1. The molecule has 0 aromatic heterocycles. The summed E-state index contributed by atoms with van der Waals surface area (Å²) >= 11 is 5.10. The predicted octanol–water partition coefficient (Wildman–Crippen LogP) is 3.03. The zero-order chi connectivity index (χ0) is 13.8. The third-order valence-electron chi connectivity index (χ3n) is 3.12. The summed E-state index contributed by atoms with van der Waals surface area (Å²) in [5, 5.41) is 0.756. The molecule has 1 amide bonds. The molecule has 1 fully saturated rings. The Morgan fingerprint density at radius 3 is 2.68 bits per heavy atom. The second-order valence-corrected chi connectivity index (χ2v) is 6.19. The van der Waals surface area contributed by atoms with Crippen LogP contribution >= 0.6 is 27.7 Å². The molecule has 2 atom stereocenters. The normalized spacial score (nSPS) is 23.4. The van der Waals surface area contributed by atoms with Crippen LogP contribution in [0.4, 0.5) is 0 Å². The van der Waals surface area contributed by atoms with E-state index < -0.39 is 0 Å². The van der Waals surface area contributed by atoms with E-state index in [-0.39, 0.29) is 18.1 Å². The molecule has 1 aliphatic rings. The van der Waals surface area contributed by atoms with Crippen molar-refractivity contribution in [2.45, 2.75) is 24.0 Å². The zero-order valence-corrected chi connectivity index (χ0v) is 13.5. The first-order valence-electron chi connectivity index (χ1n) is 6.28. The largest absolute Gasteiger partial charge is 0.371 e. The Labute approximate surface area is 126 Å². The van der Waals surface area contributed by atoms with Gasteiger partial charge in [-0.05, 0) is 37.4 Å². The first-order valence-corrected chi connectivity index (χ1v) is 8.63. The van der Waals surface area contributed by atoms with E-state index in [2.05, 4.69) is 15.9 Å². The Morgan fingerprint density at radius 2 is 2.11 bits per heavy atom. The molecule has 0 spiro atoms. The van der Waals surface area contributed by atoms with Gasteiger partial charge in [-0.3, -0.25) is 4.79 Å². The smallest absolute Gasteiger partial charge is 0.254 e. The van der Waals surface area contributed by atoms with E-state index in [9.17, 15) is 4.79 Å². The van der Waals surface area contributed by atoms with Gasteiger partial charge in [0.2, 0.25) is 0 Å². The van der Waals surface area contributed by atoms with Crippen LogP contribution in [-0.4, -0.2) is 47.7 Å². The summed E-state index contributed by atoms with van der Waals surface area (Å²) in [5.74, 6) is 0.0914. The van der Waals surface area contributed by atoms with Crippen LogP contribution in [0.3, 0.4) is 0 Å². The van der Waals surface area contributed by atoms with E-state index in [1.807, 2.05) is 42.3 Å². The van der Waals surface area contributed by atoms with E-state index >= 15 is 0 Å². The van der Waals surface area contributed by atoms with Crippen molar-refractivity contribution in [2.24, 2.45) is 0 Å². The van der Waals surface area contributed by atoms with Crippen LogP contribution in [0.15, 0.2) is 29.2 Å². The number of hydrogen-bond acceptors (Lipinski definition) is 3. The van der Waals surface area contributed by atoms with Gasteiger partial charge in [0.25, 0.3) is 5.91 Å². The molecule has 1 heterocycles. The van der Waals surface area contributed by atoms with E-state index in [0.717, 1.165) is 10.9 Å². The first kappa shape index (κ1) is 14.9. The minimum Gasteiger partial charge on any atom is -0.371 e. The van der Waals surface area contributed by atoms with Gasteiger partial charge >= 0.3 is 0 Å². The lowest BCUT2D eigenvalue weighted by Crippen LogP contribution is -2.49. The Kier molecular flexibility index (Phi) is 5.30. The minimum absolute atomic E-state index is 0.0816. The fraction of sp³-hybridized carbons (Fsp3) is 0.500. The molecule has 2 unspecified atom stereocenters. The maximum absolute atomic E-state index is 12.5. The van der Waals surface area contributed by atoms with E-state index in [4.69, 9.17) is 4.74 Å². The first-order chi connectivity index (χ1) is 9.13. The van der Waals surface area contributed by atoms with Crippen LogP contribution in [0.2, 0.25) is 0 Å². The number of halogens is 1. The number of ether oxygens (including phenoxy) is 1. The monoisotopic (exact) mass is 343 g/mol. The van der Waals surface area contributed by atoms with Gasteiger partial charge in [0.05, 0.1) is 12.2 Å². The number of benzene rings is 1. The summed E-state index contributed by atoms with van der Waals surface area (Å²) < 4.78 is 5.74. The molecule has 0 aliphatic carbocycles. The van der Waals surface area contributed by atoms with E-state index in [1.54, 1.807) is 11.8 Å². The van der Waals surface area contributed by atoms with Crippen molar-refractivity contribution in [3.05, 3.63) is 29.8 Å². The number of hydrogen-bond donors (Lipinski definition) is 0. The quantitative estimate of drug-likeness (QED) is 0.624. The van der Waals surface area contributed by atoms with Gasteiger partial charge in [0, 0.05) is 28.9 Å². The van der Waals surface area contributed by atoms with Crippen molar-refractivity contribution in [3.8, 4) is 0 Å². The highest BCUT2D eigenvalue weighted by molar-refractivity contribution is 9.09. The second-order valence-electron chi connectivity index (χ2n) is 4.66. The van der Waals surface area contributed by atoms with Crippen LogP contribution in [0.1, 0.15) is 17.3 Å². The zero-order valence-electron chi connectivity index (χ0n) is 11.1. The lowest BCUT2D eigenvalue weighted by molar-refractivity contribution is -0.0559. The fourth-order valence-corrected chi connectivity index (χ4v) is 2.98. The molecule has 1 saturated heterocycles. The lowest BCUT2D eigenvalue weighted by atomic mass is 10.1. The molecule has 19 heavy (non-hydrogen) atoms. The number of nitrogens with zero attached hydrogens (tertiary/aromatic N) is 1. The standard InChI is InChI=1S/C14H18BrNO2S/c1-10-8-16(9-12(7-15)18-10)14(17)11-3-5-13(19-2)6-4-11/h3-6,10,12H,7-9H2,1-2H3. The van der Waals surface area contributed by atoms with Crippen molar-refractivity contribution >= 4 is 33.6 Å². The molecule has 2 rings (SSSR count). The summed E-state index contributed by atoms with van der Waals surface area (Å²) in [7, 11) is 0. The molecule has 1 aliphatic heterocycles. The number of alkyl halides is 1. The van der Waals surface area contributed by atoms with E-state index in [0.29, 0.717) is 13.1 Å². The third kappa shape index (κ3) is 3.74. The maximum Gasteiger partial charge on any atom is 0.254 e. The van der Waals surface area contributed by atoms with Gasteiger partial charge in [-0.2, -0.15) is 0 Å². The van der Waals surface area contributed by atoms with Gasteiger partial charge in [-0.25, -0.2) is 0 Å².